The van der Waals surface area contributed by atoms with Gasteiger partial charge in [-0.2, -0.15) is 17.5 Å². The van der Waals surface area contributed by atoms with Crippen LogP contribution in [0.25, 0.3) is 0 Å². The molecule has 1 aliphatic rings. The second kappa shape index (κ2) is 8.83. The van der Waals surface area contributed by atoms with E-state index in [1.165, 1.54) is 12.1 Å². The number of nitrogens with one attached hydrogen (secondary N) is 1. The minimum atomic E-state index is -4.42. The number of amides is 1. The number of benzene rings is 1. The zero-order valence-electron chi connectivity index (χ0n) is 14.0. The average Bonchev–Trinajstić information content (AvgIpc) is 2.61. The molecule has 1 saturated heterocycles. The van der Waals surface area contributed by atoms with Crippen LogP contribution in [0.5, 0.6) is 0 Å². The van der Waals surface area contributed by atoms with Gasteiger partial charge in [-0.15, -0.1) is 0 Å². The monoisotopic (exact) mass is 394 g/mol. The SMILES string of the molecule is O=C(NCCOCC(F)(F)F)C1CCCCN1S(=O)(=O)c1ccccc1. The lowest BCUT2D eigenvalue weighted by Crippen LogP contribution is -2.52. The molecule has 1 unspecified atom stereocenters. The van der Waals surface area contributed by atoms with Gasteiger partial charge < -0.3 is 10.1 Å². The number of carbonyl (C=O) groups is 1. The van der Waals surface area contributed by atoms with Crippen molar-refractivity contribution in [2.45, 2.75) is 36.4 Å². The number of hydrogen-bond donors (Lipinski definition) is 1. The fourth-order valence-electron chi connectivity index (χ4n) is 2.73. The van der Waals surface area contributed by atoms with Gasteiger partial charge in [0, 0.05) is 13.1 Å². The number of alkyl halides is 3. The molecule has 1 fully saturated rings. The lowest BCUT2D eigenvalue weighted by atomic mass is 10.0. The molecule has 0 spiro atoms. The van der Waals surface area contributed by atoms with Gasteiger partial charge in [-0.3, -0.25) is 4.79 Å². The van der Waals surface area contributed by atoms with E-state index in [1.807, 2.05) is 0 Å². The Balaban J connectivity index is 1.96. The first-order valence-electron chi connectivity index (χ1n) is 8.21. The topological polar surface area (TPSA) is 75.7 Å². The molecular weight excluding hydrogens is 373 g/mol. The molecular formula is C16H21F3N2O4S. The highest BCUT2D eigenvalue weighted by Gasteiger charge is 2.37. The van der Waals surface area contributed by atoms with Gasteiger partial charge in [0.2, 0.25) is 15.9 Å². The van der Waals surface area contributed by atoms with Crippen molar-refractivity contribution >= 4 is 15.9 Å². The number of hydrogen-bond acceptors (Lipinski definition) is 4. The highest BCUT2D eigenvalue weighted by Crippen LogP contribution is 2.25. The minimum Gasteiger partial charge on any atom is -0.370 e. The van der Waals surface area contributed by atoms with Crippen LogP contribution in [0.4, 0.5) is 13.2 Å². The molecule has 1 atom stereocenters. The highest BCUT2D eigenvalue weighted by molar-refractivity contribution is 7.89. The van der Waals surface area contributed by atoms with Crippen LogP contribution in [-0.2, 0) is 19.6 Å². The Hall–Kier alpha value is -1.65. The summed E-state index contributed by atoms with van der Waals surface area (Å²) in [4.78, 5) is 12.5. The molecule has 1 aromatic carbocycles. The Morgan fingerprint density at radius 3 is 2.58 bits per heavy atom. The van der Waals surface area contributed by atoms with E-state index in [2.05, 4.69) is 10.1 Å². The number of sulfonamides is 1. The summed E-state index contributed by atoms with van der Waals surface area (Å²) in [6.07, 6.45) is -2.72. The van der Waals surface area contributed by atoms with Crippen molar-refractivity contribution < 1.29 is 31.1 Å². The fourth-order valence-corrected chi connectivity index (χ4v) is 4.41. The van der Waals surface area contributed by atoms with Crippen LogP contribution in [-0.4, -0.2) is 57.2 Å². The molecule has 0 saturated carbocycles. The van der Waals surface area contributed by atoms with Crippen molar-refractivity contribution in [3.63, 3.8) is 0 Å². The molecule has 0 aromatic heterocycles. The van der Waals surface area contributed by atoms with E-state index in [0.29, 0.717) is 19.3 Å². The first-order chi connectivity index (χ1) is 12.2. The number of halogens is 3. The van der Waals surface area contributed by atoms with E-state index in [9.17, 15) is 26.4 Å². The van der Waals surface area contributed by atoms with Gasteiger partial charge in [-0.05, 0) is 25.0 Å². The van der Waals surface area contributed by atoms with E-state index in [-0.39, 0.29) is 24.6 Å². The Kier molecular flexibility index (Phi) is 7.01. The Morgan fingerprint density at radius 1 is 1.23 bits per heavy atom. The maximum absolute atomic E-state index is 12.8. The summed E-state index contributed by atoms with van der Waals surface area (Å²) >= 11 is 0. The van der Waals surface area contributed by atoms with Crippen molar-refractivity contribution in [3.05, 3.63) is 30.3 Å². The quantitative estimate of drug-likeness (QED) is 0.717. The molecule has 146 valence electrons. The number of rotatable bonds is 7. The number of nitrogens with zero attached hydrogens (tertiary/aromatic N) is 1. The minimum absolute atomic E-state index is 0.105. The predicted octanol–water partition coefficient (Wildman–Crippen LogP) is 1.92. The van der Waals surface area contributed by atoms with E-state index in [0.717, 1.165) is 4.31 Å². The van der Waals surface area contributed by atoms with Crippen molar-refractivity contribution in [3.8, 4) is 0 Å². The molecule has 1 aliphatic heterocycles. The fraction of sp³-hybridized carbons (Fsp3) is 0.562. The lowest BCUT2D eigenvalue weighted by Gasteiger charge is -2.33. The second-order valence-electron chi connectivity index (χ2n) is 5.90. The van der Waals surface area contributed by atoms with Gasteiger partial charge >= 0.3 is 6.18 Å². The van der Waals surface area contributed by atoms with Crippen LogP contribution in [0.3, 0.4) is 0 Å². The van der Waals surface area contributed by atoms with E-state index < -0.39 is 34.8 Å². The van der Waals surface area contributed by atoms with Gasteiger partial charge in [0.15, 0.2) is 0 Å². The van der Waals surface area contributed by atoms with E-state index in [4.69, 9.17) is 0 Å². The summed E-state index contributed by atoms with van der Waals surface area (Å²) in [5.74, 6) is -0.528. The molecule has 10 heteroatoms. The number of carbonyl (C=O) groups excluding carboxylic acids is 1. The second-order valence-corrected chi connectivity index (χ2v) is 7.79. The standard InChI is InChI=1S/C16H21F3N2O4S/c17-16(18,19)12-25-11-9-20-15(22)14-8-4-5-10-21(14)26(23,24)13-6-2-1-3-7-13/h1-3,6-7,14H,4-5,8-12H2,(H,20,22). The third-order valence-electron chi connectivity index (χ3n) is 3.92. The zero-order valence-corrected chi connectivity index (χ0v) is 14.9. The van der Waals surface area contributed by atoms with Crippen LogP contribution in [0.2, 0.25) is 0 Å². The van der Waals surface area contributed by atoms with Gasteiger partial charge in [0.25, 0.3) is 0 Å². The van der Waals surface area contributed by atoms with Gasteiger partial charge in [0.05, 0.1) is 11.5 Å². The third kappa shape index (κ3) is 5.68. The van der Waals surface area contributed by atoms with Gasteiger partial charge in [-0.25, -0.2) is 8.42 Å². The van der Waals surface area contributed by atoms with E-state index >= 15 is 0 Å². The predicted molar refractivity (Wildman–Crippen MR) is 87.9 cm³/mol. The molecule has 0 bridgehead atoms. The molecule has 1 aromatic rings. The van der Waals surface area contributed by atoms with Crippen molar-refractivity contribution in [2.24, 2.45) is 0 Å². The number of ether oxygens (including phenoxy) is 1. The van der Waals surface area contributed by atoms with Gasteiger partial charge in [0.1, 0.15) is 12.6 Å². The maximum atomic E-state index is 12.8. The zero-order chi connectivity index (χ0) is 19.2. The van der Waals surface area contributed by atoms with Crippen LogP contribution >= 0.6 is 0 Å². The third-order valence-corrected chi connectivity index (χ3v) is 5.84. The molecule has 2 rings (SSSR count). The normalized spacial score (nSPS) is 19.3. The summed E-state index contributed by atoms with van der Waals surface area (Å²) in [6.45, 7) is -1.59. The van der Waals surface area contributed by atoms with Crippen LogP contribution < -0.4 is 5.32 Å². The summed E-state index contributed by atoms with van der Waals surface area (Å²) in [5, 5.41) is 2.45. The molecule has 0 aliphatic carbocycles. The highest BCUT2D eigenvalue weighted by atomic mass is 32.2. The molecule has 1 N–H and O–H groups in total. The van der Waals surface area contributed by atoms with Crippen LogP contribution in [0.15, 0.2) is 35.2 Å². The summed E-state index contributed by atoms with van der Waals surface area (Å²) in [7, 11) is -3.82. The maximum Gasteiger partial charge on any atom is 0.411 e. The molecule has 26 heavy (non-hydrogen) atoms. The smallest absolute Gasteiger partial charge is 0.370 e. The van der Waals surface area contributed by atoms with Crippen molar-refractivity contribution in [2.75, 3.05) is 26.3 Å². The number of piperidine rings is 1. The Bertz CT molecular complexity index is 695. The summed E-state index contributed by atoms with van der Waals surface area (Å²) in [6, 6.07) is 6.94. The lowest BCUT2D eigenvalue weighted by molar-refractivity contribution is -0.173. The van der Waals surface area contributed by atoms with Crippen LogP contribution in [0, 0.1) is 0 Å². The molecule has 1 amide bonds. The molecule has 0 radical (unpaired) electrons. The molecule has 6 nitrogen and oxygen atoms in total. The van der Waals surface area contributed by atoms with Crippen molar-refractivity contribution in [1.82, 2.24) is 9.62 Å². The van der Waals surface area contributed by atoms with E-state index in [1.54, 1.807) is 18.2 Å². The average molecular weight is 394 g/mol. The first kappa shape index (κ1) is 20.7. The Morgan fingerprint density at radius 2 is 1.92 bits per heavy atom. The first-order valence-corrected chi connectivity index (χ1v) is 9.65. The summed E-state index contributed by atoms with van der Waals surface area (Å²) in [5.41, 5.74) is 0. The largest absolute Gasteiger partial charge is 0.411 e. The van der Waals surface area contributed by atoms with Crippen molar-refractivity contribution in [1.29, 1.82) is 0 Å². The molecule has 1 heterocycles. The Labute approximate surface area is 150 Å². The summed E-state index contributed by atoms with van der Waals surface area (Å²) < 4.78 is 67.1. The van der Waals surface area contributed by atoms with Gasteiger partial charge in [-0.1, -0.05) is 24.6 Å². The van der Waals surface area contributed by atoms with Crippen LogP contribution in [0.1, 0.15) is 19.3 Å².